The van der Waals surface area contributed by atoms with Crippen molar-refractivity contribution < 1.29 is 19.1 Å². The Labute approximate surface area is 99.5 Å². The summed E-state index contributed by atoms with van der Waals surface area (Å²) in [5, 5.41) is 0. The van der Waals surface area contributed by atoms with Gasteiger partial charge in [-0.3, -0.25) is 9.59 Å². The summed E-state index contributed by atoms with van der Waals surface area (Å²) in [6.07, 6.45) is 0.636. The lowest BCUT2D eigenvalue weighted by atomic mass is 9.82. The summed E-state index contributed by atoms with van der Waals surface area (Å²) < 4.78 is 9.86. The number of fused-ring (bicyclic) bond motifs is 1. The first-order valence-corrected chi connectivity index (χ1v) is 5.42. The number of methoxy groups -OCH3 is 2. The van der Waals surface area contributed by atoms with Gasteiger partial charge >= 0.3 is 5.97 Å². The van der Waals surface area contributed by atoms with Crippen molar-refractivity contribution in [2.75, 3.05) is 14.2 Å². The Morgan fingerprint density at radius 1 is 1.35 bits per heavy atom. The second-order valence-corrected chi connectivity index (χ2v) is 4.02. The fourth-order valence-corrected chi connectivity index (χ4v) is 2.18. The van der Waals surface area contributed by atoms with Gasteiger partial charge in [0.05, 0.1) is 14.2 Å². The van der Waals surface area contributed by atoms with Crippen molar-refractivity contribution in [3.05, 3.63) is 29.3 Å². The molecule has 90 valence electrons. The van der Waals surface area contributed by atoms with E-state index in [0.29, 0.717) is 12.2 Å². The Morgan fingerprint density at radius 3 is 2.76 bits per heavy atom. The first kappa shape index (κ1) is 11.6. The molecule has 1 aliphatic carbocycles. The summed E-state index contributed by atoms with van der Waals surface area (Å²) in [7, 11) is 2.88. The molecule has 0 spiro atoms. The van der Waals surface area contributed by atoms with Crippen LogP contribution in [0.2, 0.25) is 0 Å². The molecule has 2 rings (SSSR count). The van der Waals surface area contributed by atoms with Gasteiger partial charge in [0.2, 0.25) is 0 Å². The molecule has 0 bridgehead atoms. The highest BCUT2D eigenvalue weighted by molar-refractivity contribution is 6.01. The monoisotopic (exact) mass is 234 g/mol. The van der Waals surface area contributed by atoms with Gasteiger partial charge in [-0.25, -0.2) is 0 Å². The van der Waals surface area contributed by atoms with Crippen LogP contribution in [0.5, 0.6) is 5.75 Å². The molecule has 0 saturated carbocycles. The number of esters is 1. The maximum Gasteiger partial charge on any atom is 0.316 e. The molecule has 0 radical (unpaired) electrons. The Morgan fingerprint density at radius 2 is 2.12 bits per heavy atom. The van der Waals surface area contributed by atoms with Gasteiger partial charge < -0.3 is 9.47 Å². The summed E-state index contributed by atoms with van der Waals surface area (Å²) in [6, 6.07) is 5.60. The van der Waals surface area contributed by atoms with E-state index in [4.69, 9.17) is 4.74 Å². The van der Waals surface area contributed by atoms with Gasteiger partial charge in [-0.15, -0.1) is 0 Å². The van der Waals surface area contributed by atoms with Crippen LogP contribution in [0.15, 0.2) is 18.2 Å². The van der Waals surface area contributed by atoms with Crippen LogP contribution >= 0.6 is 0 Å². The van der Waals surface area contributed by atoms with E-state index in [1.807, 2.05) is 18.2 Å². The molecule has 0 aromatic heterocycles. The number of hydrogen-bond donors (Lipinski definition) is 0. The van der Waals surface area contributed by atoms with Crippen LogP contribution < -0.4 is 4.74 Å². The minimum absolute atomic E-state index is 0.103. The molecule has 1 aliphatic rings. The third-order valence-corrected chi connectivity index (χ3v) is 3.10. The van der Waals surface area contributed by atoms with Gasteiger partial charge in [-0.1, -0.05) is 12.1 Å². The van der Waals surface area contributed by atoms with E-state index in [2.05, 4.69) is 4.74 Å². The quantitative estimate of drug-likeness (QED) is 0.569. The van der Waals surface area contributed by atoms with Crippen LogP contribution in [0.25, 0.3) is 0 Å². The average Bonchev–Trinajstić information content (AvgIpc) is 2.36. The zero-order chi connectivity index (χ0) is 12.4. The molecule has 0 aliphatic heterocycles. The van der Waals surface area contributed by atoms with Crippen LogP contribution in [-0.4, -0.2) is 26.0 Å². The zero-order valence-electron chi connectivity index (χ0n) is 9.86. The molecular weight excluding hydrogens is 220 g/mol. The molecule has 0 unspecified atom stereocenters. The number of Topliss-reactive ketones (excluding diaryl/α,β-unsaturated/α-hetero) is 1. The number of carbonyl (C=O) groups excluding carboxylic acids is 2. The number of rotatable bonds is 2. The predicted octanol–water partition coefficient (Wildman–Crippen LogP) is 1.15. The Kier molecular flexibility index (Phi) is 3.13. The van der Waals surface area contributed by atoms with Crippen molar-refractivity contribution in [2.24, 2.45) is 5.92 Å². The molecular formula is C13H14O4. The van der Waals surface area contributed by atoms with E-state index in [1.54, 1.807) is 7.11 Å². The second-order valence-electron chi connectivity index (χ2n) is 4.02. The predicted molar refractivity (Wildman–Crippen MR) is 60.9 cm³/mol. The third-order valence-electron chi connectivity index (χ3n) is 3.10. The highest BCUT2D eigenvalue weighted by Gasteiger charge is 2.33. The molecule has 1 aromatic carbocycles. The second kappa shape index (κ2) is 4.57. The minimum Gasteiger partial charge on any atom is -0.496 e. The van der Waals surface area contributed by atoms with Crippen LogP contribution in [-0.2, 0) is 27.2 Å². The van der Waals surface area contributed by atoms with Crippen LogP contribution in [0.4, 0.5) is 0 Å². The zero-order valence-corrected chi connectivity index (χ0v) is 9.86. The summed E-state index contributed by atoms with van der Waals surface area (Å²) in [4.78, 5) is 23.3. The van der Waals surface area contributed by atoms with E-state index < -0.39 is 11.9 Å². The lowest BCUT2D eigenvalue weighted by Gasteiger charge is -2.23. The third kappa shape index (κ3) is 2.02. The largest absolute Gasteiger partial charge is 0.496 e. The molecule has 0 amide bonds. The van der Waals surface area contributed by atoms with Crippen molar-refractivity contribution in [1.29, 1.82) is 0 Å². The molecule has 1 atom stereocenters. The van der Waals surface area contributed by atoms with Crippen molar-refractivity contribution >= 4 is 11.8 Å². The van der Waals surface area contributed by atoms with E-state index in [1.165, 1.54) is 7.11 Å². The van der Waals surface area contributed by atoms with Gasteiger partial charge in [-0.05, 0) is 18.1 Å². The number of benzene rings is 1. The molecule has 17 heavy (non-hydrogen) atoms. The van der Waals surface area contributed by atoms with Gasteiger partial charge in [-0.2, -0.15) is 0 Å². The van der Waals surface area contributed by atoms with Crippen molar-refractivity contribution in [3.8, 4) is 5.75 Å². The maximum absolute atomic E-state index is 11.9. The highest BCUT2D eigenvalue weighted by atomic mass is 16.5. The van der Waals surface area contributed by atoms with Gasteiger partial charge in [0.15, 0.2) is 5.78 Å². The average molecular weight is 234 g/mol. The molecule has 4 heteroatoms. The smallest absolute Gasteiger partial charge is 0.316 e. The Balaban J connectivity index is 2.36. The van der Waals surface area contributed by atoms with E-state index in [0.717, 1.165) is 11.1 Å². The van der Waals surface area contributed by atoms with Gasteiger partial charge in [0.25, 0.3) is 0 Å². The lowest BCUT2D eigenvalue weighted by molar-refractivity contribution is -0.149. The SMILES string of the molecule is COC(=O)[C@@H]1Cc2cccc(OC)c2CC1=O. The number of ether oxygens (including phenoxy) is 2. The minimum atomic E-state index is -0.667. The molecule has 1 aromatic rings. The first-order chi connectivity index (χ1) is 8.17. The Hall–Kier alpha value is -1.84. The fourth-order valence-electron chi connectivity index (χ4n) is 2.18. The van der Waals surface area contributed by atoms with E-state index >= 15 is 0 Å². The van der Waals surface area contributed by atoms with Crippen LogP contribution in [0.1, 0.15) is 11.1 Å². The van der Waals surface area contributed by atoms with E-state index in [-0.39, 0.29) is 12.2 Å². The van der Waals surface area contributed by atoms with Crippen molar-refractivity contribution in [1.82, 2.24) is 0 Å². The standard InChI is InChI=1S/C13H14O4/c1-16-12-5-3-4-8-6-10(13(15)17-2)11(14)7-9(8)12/h3-5,10H,6-7H2,1-2H3/t10-/m1/s1. The Bertz CT molecular complexity index is 464. The summed E-state index contributed by atoms with van der Waals surface area (Å²) in [5.41, 5.74) is 1.87. The first-order valence-electron chi connectivity index (χ1n) is 5.42. The summed E-state index contributed by atoms with van der Waals surface area (Å²) in [5.74, 6) is -0.518. The van der Waals surface area contributed by atoms with Crippen LogP contribution in [0.3, 0.4) is 0 Å². The van der Waals surface area contributed by atoms with Gasteiger partial charge in [0, 0.05) is 12.0 Å². The molecule has 0 fully saturated rings. The molecule has 4 nitrogen and oxygen atoms in total. The lowest BCUT2D eigenvalue weighted by Crippen LogP contribution is -2.32. The number of carbonyl (C=O) groups is 2. The summed E-state index contributed by atoms with van der Waals surface area (Å²) in [6.45, 7) is 0. The molecule has 0 saturated heterocycles. The van der Waals surface area contributed by atoms with Gasteiger partial charge in [0.1, 0.15) is 11.7 Å². The van der Waals surface area contributed by atoms with E-state index in [9.17, 15) is 9.59 Å². The fraction of sp³-hybridized carbons (Fsp3) is 0.385. The highest BCUT2D eigenvalue weighted by Crippen LogP contribution is 2.30. The topological polar surface area (TPSA) is 52.6 Å². The van der Waals surface area contributed by atoms with Crippen molar-refractivity contribution in [3.63, 3.8) is 0 Å². The molecule has 0 N–H and O–H groups in total. The number of hydrogen-bond acceptors (Lipinski definition) is 4. The summed E-state index contributed by atoms with van der Waals surface area (Å²) >= 11 is 0. The van der Waals surface area contributed by atoms with Crippen molar-refractivity contribution in [2.45, 2.75) is 12.8 Å². The molecule has 0 heterocycles. The van der Waals surface area contributed by atoms with Crippen LogP contribution in [0, 0.1) is 5.92 Å². The maximum atomic E-state index is 11.9. The number of ketones is 1. The normalized spacial score (nSPS) is 18.5.